The summed E-state index contributed by atoms with van der Waals surface area (Å²) in [4.78, 5) is 11.8. The van der Waals surface area contributed by atoms with Crippen LogP contribution < -0.4 is 4.74 Å². The first kappa shape index (κ1) is 16.2. The maximum atomic E-state index is 11.8. The van der Waals surface area contributed by atoms with Crippen LogP contribution in [0.2, 0.25) is 0 Å². The molecule has 0 spiro atoms. The monoisotopic (exact) mass is 296 g/mol. The Balaban J connectivity index is 2.52. The van der Waals surface area contributed by atoms with Crippen molar-refractivity contribution in [1.29, 1.82) is 0 Å². The minimum atomic E-state index is 0.134. The van der Waals surface area contributed by atoms with Gasteiger partial charge in [0.2, 0.25) is 5.12 Å². The SMILES string of the molecule is COc1ccc(C/C=C(\C)C(=O)SCC(C)S)cc1. The molecule has 0 radical (unpaired) electrons. The summed E-state index contributed by atoms with van der Waals surface area (Å²) in [7, 11) is 1.65. The van der Waals surface area contributed by atoms with E-state index in [1.54, 1.807) is 7.11 Å². The summed E-state index contributed by atoms with van der Waals surface area (Å²) in [5, 5.41) is 0.373. The van der Waals surface area contributed by atoms with Crippen LogP contribution in [0.3, 0.4) is 0 Å². The third kappa shape index (κ3) is 6.21. The van der Waals surface area contributed by atoms with Crippen molar-refractivity contribution in [2.75, 3.05) is 12.9 Å². The largest absolute Gasteiger partial charge is 0.497 e. The molecule has 1 aromatic carbocycles. The van der Waals surface area contributed by atoms with Crippen LogP contribution in [0.15, 0.2) is 35.9 Å². The van der Waals surface area contributed by atoms with Crippen molar-refractivity contribution in [2.24, 2.45) is 0 Å². The fourth-order valence-corrected chi connectivity index (χ4v) is 2.35. The minimum absolute atomic E-state index is 0.134. The molecule has 0 bridgehead atoms. The van der Waals surface area contributed by atoms with Crippen molar-refractivity contribution in [1.82, 2.24) is 0 Å². The summed E-state index contributed by atoms with van der Waals surface area (Å²) < 4.78 is 5.11. The number of rotatable bonds is 6. The highest BCUT2D eigenvalue weighted by Crippen LogP contribution is 2.16. The average molecular weight is 296 g/mol. The Labute approximate surface area is 125 Å². The summed E-state index contributed by atoms with van der Waals surface area (Å²) in [6, 6.07) is 7.88. The fraction of sp³-hybridized carbons (Fsp3) is 0.400. The lowest BCUT2D eigenvalue weighted by molar-refractivity contribution is -0.107. The summed E-state index contributed by atoms with van der Waals surface area (Å²) in [5.41, 5.74) is 1.97. The van der Waals surface area contributed by atoms with Gasteiger partial charge in [0.1, 0.15) is 5.75 Å². The van der Waals surface area contributed by atoms with Crippen LogP contribution in [-0.4, -0.2) is 23.2 Å². The molecule has 1 aromatic rings. The lowest BCUT2D eigenvalue weighted by atomic mass is 10.1. The summed E-state index contributed by atoms with van der Waals surface area (Å²) in [6.45, 7) is 3.85. The van der Waals surface area contributed by atoms with Gasteiger partial charge in [-0.3, -0.25) is 4.79 Å². The van der Waals surface area contributed by atoms with Crippen LogP contribution in [0.25, 0.3) is 0 Å². The molecule has 0 saturated carbocycles. The lowest BCUT2D eigenvalue weighted by Gasteiger charge is -2.04. The van der Waals surface area contributed by atoms with E-state index in [4.69, 9.17) is 4.74 Å². The number of thiol groups is 1. The van der Waals surface area contributed by atoms with Gasteiger partial charge in [-0.15, -0.1) is 0 Å². The van der Waals surface area contributed by atoms with Gasteiger partial charge in [-0.1, -0.05) is 36.9 Å². The summed E-state index contributed by atoms with van der Waals surface area (Å²) in [6.07, 6.45) is 2.74. The van der Waals surface area contributed by atoms with Crippen molar-refractivity contribution < 1.29 is 9.53 Å². The van der Waals surface area contributed by atoms with E-state index in [2.05, 4.69) is 12.6 Å². The molecule has 0 aliphatic carbocycles. The second kappa shape index (κ2) is 8.33. The normalized spacial score (nSPS) is 13.2. The molecule has 0 aromatic heterocycles. The van der Waals surface area contributed by atoms with E-state index in [-0.39, 0.29) is 10.4 Å². The predicted molar refractivity (Wildman–Crippen MR) is 86.4 cm³/mol. The molecule has 0 aliphatic heterocycles. The third-order valence-corrected chi connectivity index (χ3v) is 4.26. The first-order chi connectivity index (χ1) is 9.02. The average Bonchev–Trinajstić information content (AvgIpc) is 2.42. The second-order valence-electron chi connectivity index (χ2n) is 4.39. The zero-order chi connectivity index (χ0) is 14.3. The first-order valence-electron chi connectivity index (χ1n) is 6.17. The van der Waals surface area contributed by atoms with Gasteiger partial charge in [0.15, 0.2) is 0 Å². The van der Waals surface area contributed by atoms with E-state index in [1.165, 1.54) is 17.3 Å². The third-order valence-electron chi connectivity index (χ3n) is 2.58. The Morgan fingerprint density at radius 3 is 2.58 bits per heavy atom. The number of hydrogen-bond acceptors (Lipinski definition) is 4. The van der Waals surface area contributed by atoms with Gasteiger partial charge in [0.05, 0.1) is 7.11 Å². The van der Waals surface area contributed by atoms with E-state index in [0.29, 0.717) is 0 Å². The number of hydrogen-bond donors (Lipinski definition) is 1. The molecule has 4 heteroatoms. The van der Waals surface area contributed by atoms with Gasteiger partial charge in [0.25, 0.3) is 0 Å². The van der Waals surface area contributed by atoms with Gasteiger partial charge in [-0.25, -0.2) is 0 Å². The smallest absolute Gasteiger partial charge is 0.214 e. The van der Waals surface area contributed by atoms with Crippen LogP contribution in [0.5, 0.6) is 5.75 Å². The molecule has 0 heterocycles. The van der Waals surface area contributed by atoms with E-state index in [1.807, 2.05) is 44.2 Å². The van der Waals surface area contributed by atoms with Gasteiger partial charge < -0.3 is 4.74 Å². The number of benzene rings is 1. The van der Waals surface area contributed by atoms with Crippen LogP contribution in [0.1, 0.15) is 19.4 Å². The van der Waals surface area contributed by atoms with Crippen molar-refractivity contribution in [3.63, 3.8) is 0 Å². The number of carbonyl (C=O) groups is 1. The molecule has 0 saturated heterocycles. The first-order valence-corrected chi connectivity index (χ1v) is 7.68. The van der Waals surface area contributed by atoms with E-state index in [9.17, 15) is 4.79 Å². The highest BCUT2D eigenvalue weighted by atomic mass is 32.2. The van der Waals surface area contributed by atoms with Crippen molar-refractivity contribution >= 4 is 29.5 Å². The van der Waals surface area contributed by atoms with Crippen LogP contribution in [0, 0.1) is 0 Å². The van der Waals surface area contributed by atoms with Gasteiger partial charge in [-0.2, -0.15) is 12.6 Å². The Kier molecular flexibility index (Phi) is 7.10. The summed E-state index contributed by atoms with van der Waals surface area (Å²) >= 11 is 5.60. The molecule has 2 nitrogen and oxygen atoms in total. The van der Waals surface area contributed by atoms with Crippen LogP contribution in [-0.2, 0) is 11.2 Å². The standard InChI is InChI=1S/C15H20O2S2/c1-11(15(16)19-10-12(2)18)4-5-13-6-8-14(17-3)9-7-13/h4,6-9,12,18H,5,10H2,1-3H3/b11-4+. The molecule has 0 aliphatic rings. The van der Waals surface area contributed by atoms with Crippen LogP contribution >= 0.6 is 24.4 Å². The molecule has 1 unspecified atom stereocenters. The fourth-order valence-electron chi connectivity index (χ4n) is 1.43. The molecule has 104 valence electrons. The minimum Gasteiger partial charge on any atom is -0.497 e. The number of ether oxygens (including phenoxy) is 1. The Hall–Kier alpha value is -0.870. The van der Waals surface area contributed by atoms with Gasteiger partial charge >= 0.3 is 0 Å². The Bertz CT molecular complexity index is 436. The topological polar surface area (TPSA) is 26.3 Å². The zero-order valence-corrected chi connectivity index (χ0v) is 13.3. The molecule has 1 rings (SSSR count). The number of carbonyl (C=O) groups excluding carboxylic acids is 1. The quantitative estimate of drug-likeness (QED) is 0.639. The number of methoxy groups -OCH3 is 1. The highest BCUT2D eigenvalue weighted by Gasteiger charge is 2.06. The maximum absolute atomic E-state index is 11.8. The maximum Gasteiger partial charge on any atom is 0.214 e. The molecule has 1 atom stereocenters. The molecule has 0 N–H and O–H groups in total. The van der Waals surface area contributed by atoms with E-state index >= 15 is 0 Å². The molecular weight excluding hydrogens is 276 g/mol. The van der Waals surface area contributed by atoms with E-state index in [0.717, 1.165) is 23.5 Å². The van der Waals surface area contributed by atoms with Crippen LogP contribution in [0.4, 0.5) is 0 Å². The number of thioether (sulfide) groups is 1. The second-order valence-corrected chi connectivity index (χ2v) is 6.26. The molecular formula is C15H20O2S2. The Morgan fingerprint density at radius 1 is 1.42 bits per heavy atom. The van der Waals surface area contributed by atoms with Crippen molar-refractivity contribution in [3.05, 3.63) is 41.5 Å². The zero-order valence-electron chi connectivity index (χ0n) is 11.6. The lowest BCUT2D eigenvalue weighted by Crippen LogP contribution is -2.01. The predicted octanol–water partition coefficient (Wildman–Crippen LogP) is 3.76. The van der Waals surface area contributed by atoms with Gasteiger partial charge in [0, 0.05) is 11.0 Å². The molecule has 0 fully saturated rings. The van der Waals surface area contributed by atoms with Crippen molar-refractivity contribution in [2.45, 2.75) is 25.5 Å². The van der Waals surface area contributed by atoms with E-state index < -0.39 is 0 Å². The summed E-state index contributed by atoms with van der Waals surface area (Å²) in [5.74, 6) is 1.59. The molecule has 19 heavy (non-hydrogen) atoms. The van der Waals surface area contributed by atoms with Gasteiger partial charge in [-0.05, 0) is 36.6 Å². The number of allylic oxidation sites excluding steroid dienone is 1. The van der Waals surface area contributed by atoms with Crippen molar-refractivity contribution in [3.8, 4) is 5.75 Å². The molecule has 0 amide bonds. The highest BCUT2D eigenvalue weighted by molar-refractivity contribution is 8.14. The Morgan fingerprint density at radius 2 is 2.05 bits per heavy atom.